The number of carbonyl (C=O) groups is 2. The van der Waals surface area contributed by atoms with Crippen LogP contribution in [0.15, 0.2) is 47.6 Å². The zero-order valence-electron chi connectivity index (χ0n) is 17.3. The number of halogens is 2. The molecule has 1 amide bonds. The molecule has 11 heteroatoms. The maximum atomic E-state index is 12.3. The summed E-state index contributed by atoms with van der Waals surface area (Å²) in [6, 6.07) is 11.4. The Balaban J connectivity index is 1.51. The monoisotopic (exact) mass is 494 g/mol. The van der Waals surface area contributed by atoms with Crippen LogP contribution in [0.25, 0.3) is 0 Å². The quantitative estimate of drug-likeness (QED) is 0.342. The molecule has 2 aromatic carbocycles. The van der Waals surface area contributed by atoms with E-state index in [9.17, 15) is 9.59 Å². The number of amides is 1. The first-order valence-corrected chi connectivity index (χ1v) is 11.3. The second kappa shape index (κ2) is 11.2. The van der Waals surface area contributed by atoms with Crippen LogP contribution in [-0.4, -0.2) is 39.0 Å². The maximum Gasteiger partial charge on any atom is 0.338 e. The van der Waals surface area contributed by atoms with Crippen LogP contribution in [0, 0.1) is 0 Å². The van der Waals surface area contributed by atoms with Crippen molar-refractivity contribution in [3.63, 3.8) is 0 Å². The number of hydrogen-bond donors (Lipinski definition) is 1. The Morgan fingerprint density at radius 2 is 1.88 bits per heavy atom. The van der Waals surface area contributed by atoms with Crippen molar-refractivity contribution < 1.29 is 19.1 Å². The molecule has 1 aromatic heterocycles. The minimum Gasteiger partial charge on any atom is -0.484 e. The molecule has 1 heterocycles. The third kappa shape index (κ3) is 6.38. The van der Waals surface area contributed by atoms with Gasteiger partial charge in [0.15, 0.2) is 11.0 Å². The summed E-state index contributed by atoms with van der Waals surface area (Å²) in [6.07, 6.45) is 0. The van der Waals surface area contributed by atoms with E-state index in [2.05, 4.69) is 15.5 Å². The van der Waals surface area contributed by atoms with Crippen LogP contribution in [0.1, 0.15) is 23.1 Å². The van der Waals surface area contributed by atoms with E-state index < -0.39 is 5.97 Å². The molecule has 32 heavy (non-hydrogen) atoms. The second-order valence-corrected chi connectivity index (χ2v) is 8.24. The van der Waals surface area contributed by atoms with Gasteiger partial charge in [0.2, 0.25) is 5.91 Å². The number of carbonyl (C=O) groups excluding carboxylic acids is 2. The molecule has 0 saturated heterocycles. The lowest BCUT2D eigenvalue weighted by atomic mass is 10.2. The van der Waals surface area contributed by atoms with Crippen molar-refractivity contribution in [2.75, 3.05) is 17.7 Å². The Kier molecular flexibility index (Phi) is 8.38. The van der Waals surface area contributed by atoms with Crippen LogP contribution >= 0.6 is 35.0 Å². The fraction of sp³-hybridized carbons (Fsp3) is 0.238. The SMILES string of the molecule is CCOC(=O)c1ccc(NC(=O)CSc2nnc(COc3cc(Cl)ccc3Cl)n2C)cc1. The molecule has 3 rings (SSSR count). The van der Waals surface area contributed by atoms with Crippen LogP contribution in [0.5, 0.6) is 5.75 Å². The highest BCUT2D eigenvalue weighted by molar-refractivity contribution is 7.99. The Bertz CT molecular complexity index is 1110. The van der Waals surface area contributed by atoms with Gasteiger partial charge in [-0.2, -0.15) is 0 Å². The summed E-state index contributed by atoms with van der Waals surface area (Å²) in [6.45, 7) is 2.19. The molecule has 0 fully saturated rings. The molecular formula is C21H20Cl2N4O4S. The molecule has 0 spiro atoms. The van der Waals surface area contributed by atoms with E-state index in [1.165, 1.54) is 11.8 Å². The van der Waals surface area contributed by atoms with Gasteiger partial charge in [-0.1, -0.05) is 35.0 Å². The Morgan fingerprint density at radius 1 is 1.12 bits per heavy atom. The summed E-state index contributed by atoms with van der Waals surface area (Å²) in [7, 11) is 1.78. The van der Waals surface area contributed by atoms with E-state index in [4.69, 9.17) is 32.7 Å². The molecule has 8 nitrogen and oxygen atoms in total. The summed E-state index contributed by atoms with van der Waals surface area (Å²) in [4.78, 5) is 24.0. The number of aromatic nitrogens is 3. The highest BCUT2D eigenvalue weighted by Crippen LogP contribution is 2.28. The summed E-state index contributed by atoms with van der Waals surface area (Å²) < 4.78 is 12.4. The molecule has 168 valence electrons. The zero-order chi connectivity index (χ0) is 23.1. The van der Waals surface area contributed by atoms with Crippen LogP contribution in [0.4, 0.5) is 5.69 Å². The largest absolute Gasteiger partial charge is 0.484 e. The Morgan fingerprint density at radius 3 is 2.59 bits per heavy atom. The first kappa shape index (κ1) is 23.9. The number of benzene rings is 2. The minimum atomic E-state index is -0.402. The normalized spacial score (nSPS) is 10.6. The van der Waals surface area contributed by atoms with Crippen LogP contribution < -0.4 is 10.1 Å². The fourth-order valence-electron chi connectivity index (χ4n) is 2.56. The number of nitrogens with one attached hydrogen (secondary N) is 1. The van der Waals surface area contributed by atoms with Gasteiger partial charge in [0.25, 0.3) is 0 Å². The highest BCUT2D eigenvalue weighted by atomic mass is 35.5. The van der Waals surface area contributed by atoms with Gasteiger partial charge >= 0.3 is 5.97 Å². The predicted octanol–water partition coefficient (Wildman–Crippen LogP) is 4.61. The Hall–Kier alpha value is -2.75. The number of nitrogens with zero attached hydrogens (tertiary/aromatic N) is 3. The van der Waals surface area contributed by atoms with Gasteiger partial charge < -0.3 is 19.4 Å². The third-order valence-corrected chi connectivity index (χ3v) is 5.75. The lowest BCUT2D eigenvalue weighted by Gasteiger charge is -2.09. The number of esters is 1. The van der Waals surface area contributed by atoms with Crippen molar-refractivity contribution in [2.24, 2.45) is 7.05 Å². The van der Waals surface area contributed by atoms with Gasteiger partial charge in [-0.15, -0.1) is 10.2 Å². The first-order chi connectivity index (χ1) is 15.4. The van der Waals surface area contributed by atoms with Gasteiger partial charge in [0.1, 0.15) is 12.4 Å². The molecule has 0 atom stereocenters. The van der Waals surface area contributed by atoms with E-state index in [-0.39, 0.29) is 18.3 Å². The smallest absolute Gasteiger partial charge is 0.338 e. The molecule has 0 bridgehead atoms. The lowest BCUT2D eigenvalue weighted by Crippen LogP contribution is -2.15. The zero-order valence-corrected chi connectivity index (χ0v) is 19.6. The van der Waals surface area contributed by atoms with Crippen LogP contribution in [0.2, 0.25) is 10.0 Å². The topological polar surface area (TPSA) is 95.3 Å². The molecule has 0 unspecified atom stereocenters. The van der Waals surface area contributed by atoms with Gasteiger partial charge in [-0.25, -0.2) is 4.79 Å². The molecule has 0 aliphatic rings. The molecule has 1 N–H and O–H groups in total. The standard InChI is InChI=1S/C21H20Cl2N4O4S/c1-3-30-20(29)13-4-7-15(8-5-13)24-19(28)12-32-21-26-25-18(27(21)2)11-31-17-10-14(22)6-9-16(17)23/h4-10H,3,11-12H2,1-2H3,(H,24,28). The molecule has 3 aromatic rings. The van der Waals surface area contributed by atoms with Crippen LogP contribution in [0.3, 0.4) is 0 Å². The van der Waals surface area contributed by atoms with Crippen molar-refractivity contribution in [1.29, 1.82) is 0 Å². The van der Waals surface area contributed by atoms with E-state index in [0.717, 1.165) is 0 Å². The maximum absolute atomic E-state index is 12.3. The molecule has 0 aliphatic heterocycles. The third-order valence-electron chi connectivity index (χ3n) is 4.19. The summed E-state index contributed by atoms with van der Waals surface area (Å²) in [5.74, 6) is 0.529. The van der Waals surface area contributed by atoms with Crippen molar-refractivity contribution in [3.05, 3.63) is 63.9 Å². The summed E-state index contributed by atoms with van der Waals surface area (Å²) >= 11 is 13.3. The molecule has 0 aliphatic carbocycles. The van der Waals surface area contributed by atoms with Crippen LogP contribution in [-0.2, 0) is 23.2 Å². The van der Waals surface area contributed by atoms with E-state index >= 15 is 0 Å². The highest BCUT2D eigenvalue weighted by Gasteiger charge is 2.13. The number of hydrogen-bond acceptors (Lipinski definition) is 7. The number of thioether (sulfide) groups is 1. The molecule has 0 saturated carbocycles. The van der Waals surface area contributed by atoms with E-state index in [0.29, 0.717) is 44.6 Å². The van der Waals surface area contributed by atoms with Gasteiger partial charge in [0, 0.05) is 23.8 Å². The Labute approximate surface area is 199 Å². The predicted molar refractivity (Wildman–Crippen MR) is 124 cm³/mol. The first-order valence-electron chi connectivity index (χ1n) is 9.53. The average molecular weight is 495 g/mol. The number of ether oxygens (including phenoxy) is 2. The molecule has 0 radical (unpaired) electrons. The van der Waals surface area contributed by atoms with Gasteiger partial charge in [-0.3, -0.25) is 4.79 Å². The van der Waals surface area contributed by atoms with Crippen molar-refractivity contribution in [3.8, 4) is 5.75 Å². The second-order valence-electron chi connectivity index (χ2n) is 6.46. The fourth-order valence-corrected chi connectivity index (χ4v) is 3.62. The number of rotatable bonds is 9. The van der Waals surface area contributed by atoms with Crippen molar-refractivity contribution in [2.45, 2.75) is 18.7 Å². The lowest BCUT2D eigenvalue weighted by molar-refractivity contribution is -0.113. The summed E-state index contributed by atoms with van der Waals surface area (Å²) in [5.41, 5.74) is 1.00. The van der Waals surface area contributed by atoms with Gasteiger partial charge in [-0.05, 0) is 43.3 Å². The van der Waals surface area contributed by atoms with Crippen molar-refractivity contribution >= 4 is 52.5 Å². The van der Waals surface area contributed by atoms with Crippen molar-refractivity contribution in [1.82, 2.24) is 14.8 Å². The minimum absolute atomic E-state index is 0.132. The average Bonchev–Trinajstić information content (AvgIpc) is 3.13. The van der Waals surface area contributed by atoms with E-state index in [1.807, 2.05) is 0 Å². The van der Waals surface area contributed by atoms with Gasteiger partial charge in [0.05, 0.1) is 22.9 Å². The number of anilines is 1. The molecular weight excluding hydrogens is 475 g/mol. The van der Waals surface area contributed by atoms with E-state index in [1.54, 1.807) is 61.0 Å². The summed E-state index contributed by atoms with van der Waals surface area (Å²) in [5, 5.41) is 12.5.